The van der Waals surface area contributed by atoms with E-state index in [0.29, 0.717) is 6.10 Å². The van der Waals surface area contributed by atoms with Gasteiger partial charge in [-0.05, 0) is 44.3 Å². The Hall–Kier alpha value is -0.720. The average molecular weight is 194 g/mol. The Morgan fingerprint density at radius 1 is 1.36 bits per heavy atom. The Morgan fingerprint density at radius 3 is 2.57 bits per heavy atom. The maximum Gasteiger partial charge on any atom is 0.115 e. The lowest BCUT2D eigenvalue weighted by Gasteiger charge is -2.35. The molecule has 0 bridgehead atoms. The number of hydrogen-bond acceptors (Lipinski definition) is 1. The minimum absolute atomic E-state index is 0.481. The Bertz CT molecular complexity index is 209. The molecular formula is C13H22O. The fourth-order valence-corrected chi connectivity index (χ4v) is 1.82. The SMILES string of the molecule is C/C=C\C(=C/CC)OC1CC(CC)C1. The van der Waals surface area contributed by atoms with Crippen LogP contribution in [0.15, 0.2) is 24.0 Å². The third-order valence-electron chi connectivity index (χ3n) is 2.81. The number of allylic oxidation sites excluding steroid dienone is 3. The highest BCUT2D eigenvalue weighted by molar-refractivity contribution is 5.11. The molecule has 0 radical (unpaired) electrons. The molecule has 0 aromatic rings. The van der Waals surface area contributed by atoms with E-state index in [2.05, 4.69) is 26.0 Å². The van der Waals surface area contributed by atoms with E-state index in [1.54, 1.807) is 0 Å². The van der Waals surface area contributed by atoms with Crippen molar-refractivity contribution in [2.24, 2.45) is 5.92 Å². The molecule has 0 aromatic heterocycles. The number of hydrogen-bond donors (Lipinski definition) is 0. The monoisotopic (exact) mass is 194 g/mol. The van der Waals surface area contributed by atoms with Crippen molar-refractivity contribution in [1.29, 1.82) is 0 Å². The summed E-state index contributed by atoms with van der Waals surface area (Å²) >= 11 is 0. The highest BCUT2D eigenvalue weighted by Crippen LogP contribution is 2.33. The van der Waals surface area contributed by atoms with Crippen molar-refractivity contribution in [2.45, 2.75) is 52.6 Å². The molecule has 0 N–H and O–H groups in total. The Kier molecular flexibility index (Phi) is 4.78. The minimum Gasteiger partial charge on any atom is -0.491 e. The van der Waals surface area contributed by atoms with Crippen LogP contribution in [0.25, 0.3) is 0 Å². The van der Waals surface area contributed by atoms with E-state index < -0.39 is 0 Å². The first-order chi connectivity index (χ1) is 6.80. The molecule has 0 spiro atoms. The highest BCUT2D eigenvalue weighted by Gasteiger charge is 2.29. The molecule has 1 aliphatic carbocycles. The van der Waals surface area contributed by atoms with Gasteiger partial charge in [0, 0.05) is 0 Å². The van der Waals surface area contributed by atoms with Gasteiger partial charge in [-0.1, -0.05) is 26.3 Å². The first-order valence-corrected chi connectivity index (χ1v) is 5.79. The Balaban J connectivity index is 2.31. The van der Waals surface area contributed by atoms with Crippen molar-refractivity contribution in [1.82, 2.24) is 0 Å². The highest BCUT2D eigenvalue weighted by atomic mass is 16.5. The second-order valence-corrected chi connectivity index (χ2v) is 4.00. The summed E-state index contributed by atoms with van der Waals surface area (Å²) in [4.78, 5) is 0. The van der Waals surface area contributed by atoms with Crippen molar-refractivity contribution >= 4 is 0 Å². The lowest BCUT2D eigenvalue weighted by molar-refractivity contribution is 0.0145. The average Bonchev–Trinajstić information content (AvgIpc) is 2.11. The summed E-state index contributed by atoms with van der Waals surface area (Å²) in [6.45, 7) is 6.43. The van der Waals surface area contributed by atoms with Crippen molar-refractivity contribution < 1.29 is 4.74 Å². The van der Waals surface area contributed by atoms with Gasteiger partial charge in [0.05, 0.1) is 6.10 Å². The Labute approximate surface area is 87.8 Å². The van der Waals surface area contributed by atoms with Crippen LogP contribution < -0.4 is 0 Å². The molecule has 0 unspecified atom stereocenters. The summed E-state index contributed by atoms with van der Waals surface area (Å²) in [6, 6.07) is 0. The molecule has 0 heterocycles. The third kappa shape index (κ3) is 3.21. The molecule has 1 rings (SSSR count). The van der Waals surface area contributed by atoms with E-state index in [1.807, 2.05) is 13.0 Å². The quantitative estimate of drug-likeness (QED) is 0.473. The zero-order valence-corrected chi connectivity index (χ0v) is 9.62. The van der Waals surface area contributed by atoms with Gasteiger partial charge in [0.1, 0.15) is 5.76 Å². The summed E-state index contributed by atoms with van der Waals surface area (Å²) in [5.41, 5.74) is 0. The van der Waals surface area contributed by atoms with Gasteiger partial charge in [0.2, 0.25) is 0 Å². The Morgan fingerprint density at radius 2 is 2.07 bits per heavy atom. The van der Waals surface area contributed by atoms with Crippen LogP contribution in [0.2, 0.25) is 0 Å². The summed E-state index contributed by atoms with van der Waals surface area (Å²) in [5.74, 6) is 1.96. The predicted molar refractivity (Wildman–Crippen MR) is 61.1 cm³/mol. The van der Waals surface area contributed by atoms with Crippen LogP contribution in [0.3, 0.4) is 0 Å². The standard InChI is InChI=1S/C13H22O/c1-4-7-12(8-5-2)14-13-9-11(6-3)10-13/h4,7-8,11,13H,5-6,9-10H2,1-3H3/b7-4-,12-8+. The fourth-order valence-electron chi connectivity index (χ4n) is 1.82. The van der Waals surface area contributed by atoms with E-state index in [-0.39, 0.29) is 0 Å². The van der Waals surface area contributed by atoms with Crippen molar-refractivity contribution in [2.75, 3.05) is 0 Å². The van der Waals surface area contributed by atoms with Crippen LogP contribution in [0.1, 0.15) is 46.5 Å². The van der Waals surface area contributed by atoms with E-state index in [0.717, 1.165) is 18.1 Å². The molecule has 80 valence electrons. The van der Waals surface area contributed by atoms with Crippen molar-refractivity contribution in [3.05, 3.63) is 24.0 Å². The first kappa shape index (κ1) is 11.4. The third-order valence-corrected chi connectivity index (χ3v) is 2.81. The molecule has 0 amide bonds. The van der Waals surface area contributed by atoms with Crippen molar-refractivity contribution in [3.63, 3.8) is 0 Å². The van der Waals surface area contributed by atoms with Gasteiger partial charge in [-0.15, -0.1) is 0 Å². The van der Waals surface area contributed by atoms with Crippen LogP contribution in [-0.2, 0) is 4.74 Å². The second kappa shape index (κ2) is 5.90. The molecule has 1 aliphatic rings. The second-order valence-electron chi connectivity index (χ2n) is 4.00. The molecule has 1 nitrogen and oxygen atoms in total. The van der Waals surface area contributed by atoms with E-state index >= 15 is 0 Å². The van der Waals surface area contributed by atoms with Gasteiger partial charge in [-0.2, -0.15) is 0 Å². The van der Waals surface area contributed by atoms with Gasteiger partial charge in [0.15, 0.2) is 0 Å². The van der Waals surface area contributed by atoms with E-state index in [4.69, 9.17) is 4.74 Å². The maximum absolute atomic E-state index is 5.87. The molecule has 0 aliphatic heterocycles. The molecule has 1 saturated carbocycles. The van der Waals surface area contributed by atoms with Gasteiger partial charge >= 0.3 is 0 Å². The number of rotatable bonds is 5. The van der Waals surface area contributed by atoms with Crippen LogP contribution in [0.5, 0.6) is 0 Å². The molecule has 0 aromatic carbocycles. The maximum atomic E-state index is 5.87. The zero-order valence-electron chi connectivity index (χ0n) is 9.62. The van der Waals surface area contributed by atoms with E-state index in [9.17, 15) is 0 Å². The fraction of sp³-hybridized carbons (Fsp3) is 0.692. The molecule has 14 heavy (non-hydrogen) atoms. The lowest BCUT2D eigenvalue weighted by Crippen LogP contribution is -2.30. The van der Waals surface area contributed by atoms with Crippen LogP contribution in [0, 0.1) is 5.92 Å². The number of ether oxygens (including phenoxy) is 1. The smallest absolute Gasteiger partial charge is 0.115 e. The first-order valence-electron chi connectivity index (χ1n) is 5.79. The predicted octanol–water partition coefficient (Wildman–Crippen LogP) is 4.06. The van der Waals surface area contributed by atoms with Gasteiger partial charge < -0.3 is 4.74 Å². The summed E-state index contributed by atoms with van der Waals surface area (Å²) in [7, 11) is 0. The zero-order chi connectivity index (χ0) is 10.4. The van der Waals surface area contributed by atoms with Crippen LogP contribution in [-0.4, -0.2) is 6.10 Å². The van der Waals surface area contributed by atoms with Gasteiger partial charge in [0.25, 0.3) is 0 Å². The molecule has 0 atom stereocenters. The minimum atomic E-state index is 0.481. The molecule has 1 heteroatoms. The normalized spacial score (nSPS) is 27.8. The van der Waals surface area contributed by atoms with Crippen molar-refractivity contribution in [3.8, 4) is 0 Å². The van der Waals surface area contributed by atoms with Crippen LogP contribution >= 0.6 is 0 Å². The van der Waals surface area contributed by atoms with E-state index in [1.165, 1.54) is 19.3 Å². The van der Waals surface area contributed by atoms with Gasteiger partial charge in [-0.25, -0.2) is 0 Å². The summed E-state index contributed by atoms with van der Waals surface area (Å²) in [5, 5.41) is 0. The molecular weight excluding hydrogens is 172 g/mol. The summed E-state index contributed by atoms with van der Waals surface area (Å²) < 4.78 is 5.87. The topological polar surface area (TPSA) is 9.23 Å². The van der Waals surface area contributed by atoms with Crippen LogP contribution in [0.4, 0.5) is 0 Å². The largest absolute Gasteiger partial charge is 0.491 e. The van der Waals surface area contributed by atoms with Gasteiger partial charge in [-0.3, -0.25) is 0 Å². The molecule has 0 saturated heterocycles. The summed E-state index contributed by atoms with van der Waals surface area (Å²) in [6.07, 6.45) is 11.6. The molecule has 1 fully saturated rings. The lowest BCUT2D eigenvalue weighted by atomic mass is 9.80.